The average Bonchev–Trinajstić information content (AvgIpc) is 2.12. The van der Waals surface area contributed by atoms with Crippen LogP contribution in [0.1, 0.15) is 27.2 Å². The predicted octanol–water partition coefficient (Wildman–Crippen LogP) is 5.03. The Bertz CT molecular complexity index is 292. The van der Waals surface area contributed by atoms with Crippen LogP contribution in [0.2, 0.25) is 52.4 Å². The van der Waals surface area contributed by atoms with Gasteiger partial charge in [0.2, 0.25) is 8.32 Å². The molecule has 0 spiro atoms. The fourth-order valence-electron chi connectivity index (χ4n) is 2.09. The maximum Gasteiger partial charge on any atom is 0.213 e. The van der Waals surface area contributed by atoms with Crippen molar-refractivity contribution in [1.29, 1.82) is 0 Å². The second-order valence-electron chi connectivity index (χ2n) is 8.41. The summed E-state index contributed by atoms with van der Waals surface area (Å²) >= 11 is 0. The third kappa shape index (κ3) is 5.83. The lowest BCUT2D eigenvalue weighted by Crippen LogP contribution is -2.60. The van der Waals surface area contributed by atoms with E-state index in [9.17, 15) is 0 Å². The van der Waals surface area contributed by atoms with E-state index in [2.05, 4.69) is 73.1 Å². The molecule has 0 aliphatic carbocycles. The largest absolute Gasteiger partial charge is 0.415 e. The lowest BCUT2D eigenvalue weighted by Gasteiger charge is -2.47. The smallest absolute Gasteiger partial charge is 0.213 e. The average molecular weight is 321 g/mol. The molecule has 0 N–H and O–H groups in total. The monoisotopic (exact) mass is 320 g/mol. The van der Waals surface area contributed by atoms with Gasteiger partial charge in [0.1, 0.15) is 0 Å². The fourth-order valence-corrected chi connectivity index (χ4v) is 9.89. The zero-order valence-electron chi connectivity index (χ0n) is 15.1. The first-order chi connectivity index (χ1) is 8.15. The van der Waals surface area contributed by atoms with Crippen LogP contribution in [0.15, 0.2) is 0 Å². The molecule has 0 saturated carbocycles. The molecule has 0 aromatic rings. The van der Waals surface area contributed by atoms with Gasteiger partial charge >= 0.3 is 0 Å². The molecule has 0 bridgehead atoms. The van der Waals surface area contributed by atoms with Gasteiger partial charge in [-0.05, 0) is 53.0 Å². The standard InChI is InChI=1S/C14H36O2Si3/c1-12-14(3,17(4,5)6)16-19(10,11)13(2)15-18(7,8)9/h13H,12H2,1-11H3/t13-,14-/m0/s1. The summed E-state index contributed by atoms with van der Waals surface area (Å²) < 4.78 is 13.0. The van der Waals surface area contributed by atoms with E-state index < -0.39 is 24.7 Å². The van der Waals surface area contributed by atoms with Crippen molar-refractivity contribution < 1.29 is 8.85 Å². The van der Waals surface area contributed by atoms with E-state index in [4.69, 9.17) is 8.85 Å². The molecule has 0 heterocycles. The van der Waals surface area contributed by atoms with Crippen molar-refractivity contribution >= 4 is 24.7 Å². The molecule has 5 heteroatoms. The Hall–Kier alpha value is 0.571. The maximum atomic E-state index is 6.74. The van der Waals surface area contributed by atoms with Gasteiger partial charge < -0.3 is 8.85 Å². The summed E-state index contributed by atoms with van der Waals surface area (Å²) in [5, 5.41) is 0.0553. The Morgan fingerprint density at radius 2 is 1.37 bits per heavy atom. The zero-order valence-corrected chi connectivity index (χ0v) is 18.1. The number of hydrogen-bond donors (Lipinski definition) is 0. The third-order valence-electron chi connectivity index (χ3n) is 4.26. The summed E-state index contributed by atoms with van der Waals surface area (Å²) in [6.07, 6.45) is 1.10. The van der Waals surface area contributed by atoms with Gasteiger partial charge in [-0.1, -0.05) is 26.6 Å². The van der Waals surface area contributed by atoms with Gasteiger partial charge in [0.15, 0.2) is 8.32 Å². The van der Waals surface area contributed by atoms with Gasteiger partial charge in [-0.25, -0.2) is 0 Å². The van der Waals surface area contributed by atoms with Crippen LogP contribution in [0, 0.1) is 0 Å². The zero-order chi connectivity index (χ0) is 15.7. The maximum absolute atomic E-state index is 6.74. The Kier molecular flexibility index (Phi) is 6.32. The van der Waals surface area contributed by atoms with Crippen molar-refractivity contribution in [1.82, 2.24) is 0 Å². The van der Waals surface area contributed by atoms with Gasteiger partial charge in [-0.2, -0.15) is 0 Å². The highest BCUT2D eigenvalue weighted by atomic mass is 28.4. The number of rotatable bonds is 7. The van der Waals surface area contributed by atoms with Gasteiger partial charge in [-0.15, -0.1) is 0 Å². The van der Waals surface area contributed by atoms with E-state index in [0.29, 0.717) is 0 Å². The highest BCUT2D eigenvalue weighted by Crippen LogP contribution is 2.33. The summed E-state index contributed by atoms with van der Waals surface area (Å²) in [6.45, 7) is 25.4. The SMILES string of the molecule is CC[C@@](C)(O[Si](C)(C)[C@@H](C)O[Si](C)(C)C)[Si](C)(C)C. The molecule has 0 fully saturated rings. The number of hydrogen-bond acceptors (Lipinski definition) is 2. The van der Waals surface area contributed by atoms with E-state index in [1.54, 1.807) is 0 Å². The molecule has 0 aromatic carbocycles. The van der Waals surface area contributed by atoms with Crippen molar-refractivity contribution in [2.24, 2.45) is 0 Å². The second kappa shape index (κ2) is 6.13. The molecule has 0 aliphatic heterocycles. The van der Waals surface area contributed by atoms with Crippen LogP contribution in [0.3, 0.4) is 0 Å². The third-order valence-corrected chi connectivity index (χ3v) is 12.4. The predicted molar refractivity (Wildman–Crippen MR) is 94.5 cm³/mol. The highest BCUT2D eigenvalue weighted by molar-refractivity contribution is 6.81. The molecular formula is C14H36O2Si3. The first kappa shape index (κ1) is 19.6. The van der Waals surface area contributed by atoms with Crippen molar-refractivity contribution in [3.05, 3.63) is 0 Å². The van der Waals surface area contributed by atoms with Crippen molar-refractivity contribution in [3.63, 3.8) is 0 Å². The summed E-state index contributed by atoms with van der Waals surface area (Å²) in [4.78, 5) is 0. The van der Waals surface area contributed by atoms with Crippen molar-refractivity contribution in [2.45, 2.75) is 90.5 Å². The van der Waals surface area contributed by atoms with E-state index >= 15 is 0 Å². The topological polar surface area (TPSA) is 18.5 Å². The molecule has 0 saturated heterocycles. The van der Waals surface area contributed by atoms with E-state index in [1.165, 1.54) is 0 Å². The van der Waals surface area contributed by atoms with Gasteiger partial charge in [0.05, 0.1) is 13.8 Å². The summed E-state index contributed by atoms with van der Waals surface area (Å²) in [5.74, 6) is 0. The summed E-state index contributed by atoms with van der Waals surface area (Å²) in [5.41, 5.74) is 0.265. The minimum absolute atomic E-state index is 0.0553. The van der Waals surface area contributed by atoms with E-state index in [0.717, 1.165) is 6.42 Å². The Labute approximate surface area is 124 Å². The van der Waals surface area contributed by atoms with E-state index in [-0.39, 0.29) is 11.0 Å². The van der Waals surface area contributed by atoms with Gasteiger partial charge in [0.25, 0.3) is 0 Å². The Balaban J connectivity index is 5.03. The highest BCUT2D eigenvalue weighted by Gasteiger charge is 2.46. The van der Waals surface area contributed by atoms with Crippen LogP contribution in [-0.2, 0) is 8.85 Å². The molecule has 2 nitrogen and oxygen atoms in total. The van der Waals surface area contributed by atoms with Crippen LogP contribution >= 0.6 is 0 Å². The molecule has 0 radical (unpaired) electrons. The molecule has 0 aromatic heterocycles. The molecular weight excluding hydrogens is 284 g/mol. The first-order valence-corrected chi connectivity index (χ1v) is 17.4. The van der Waals surface area contributed by atoms with Crippen LogP contribution in [0.25, 0.3) is 0 Å². The molecule has 0 aliphatic rings. The summed E-state index contributed by atoms with van der Waals surface area (Å²) in [7, 11) is -4.69. The van der Waals surface area contributed by atoms with Gasteiger partial charge in [-0.3, -0.25) is 0 Å². The van der Waals surface area contributed by atoms with Crippen LogP contribution in [0.4, 0.5) is 0 Å². The molecule has 0 unspecified atom stereocenters. The Morgan fingerprint density at radius 1 is 0.947 bits per heavy atom. The van der Waals surface area contributed by atoms with Gasteiger partial charge in [0, 0.05) is 5.22 Å². The second-order valence-corrected chi connectivity index (χ2v) is 22.7. The summed E-state index contributed by atoms with van der Waals surface area (Å²) in [6, 6.07) is 0. The van der Waals surface area contributed by atoms with Crippen LogP contribution in [-0.4, -0.2) is 35.7 Å². The van der Waals surface area contributed by atoms with E-state index in [1.807, 2.05) is 0 Å². The fraction of sp³-hybridized carbons (Fsp3) is 1.00. The van der Waals surface area contributed by atoms with Crippen molar-refractivity contribution in [2.75, 3.05) is 0 Å². The molecule has 0 amide bonds. The lowest BCUT2D eigenvalue weighted by molar-refractivity contribution is 0.124. The van der Waals surface area contributed by atoms with Crippen LogP contribution < -0.4 is 0 Å². The van der Waals surface area contributed by atoms with Crippen LogP contribution in [0.5, 0.6) is 0 Å². The van der Waals surface area contributed by atoms with Crippen molar-refractivity contribution in [3.8, 4) is 0 Å². The minimum Gasteiger partial charge on any atom is -0.415 e. The molecule has 0 rings (SSSR count). The Morgan fingerprint density at radius 3 is 1.63 bits per heavy atom. The quantitative estimate of drug-likeness (QED) is 0.612. The lowest BCUT2D eigenvalue weighted by atomic mass is 10.3. The first-order valence-electron chi connectivity index (χ1n) is 7.52. The molecule has 19 heavy (non-hydrogen) atoms. The molecule has 116 valence electrons. The minimum atomic E-state index is -1.84. The normalized spacial score (nSPS) is 19.1. The molecule has 2 atom stereocenters.